The molecule has 6 heteroatoms. The van der Waals surface area contributed by atoms with Gasteiger partial charge in [0, 0.05) is 19.8 Å². The first-order valence-electron chi connectivity index (χ1n) is 8.70. The minimum absolute atomic E-state index is 0.00630. The molecule has 3 aromatic rings. The highest BCUT2D eigenvalue weighted by Gasteiger charge is 2.10. The number of rotatable bonds is 6. The van der Waals surface area contributed by atoms with Crippen LogP contribution in [-0.2, 0) is 11.4 Å². The van der Waals surface area contributed by atoms with Crippen molar-refractivity contribution in [2.24, 2.45) is 0 Å². The second kappa shape index (κ2) is 10.1. The Hall–Kier alpha value is -2.82. The van der Waals surface area contributed by atoms with Crippen LogP contribution in [-0.4, -0.2) is 5.91 Å². The molecule has 29 heavy (non-hydrogen) atoms. The predicted octanol–water partition coefficient (Wildman–Crippen LogP) is 6.07. The van der Waals surface area contributed by atoms with Crippen LogP contribution in [0.5, 0.6) is 5.75 Å². The van der Waals surface area contributed by atoms with Crippen molar-refractivity contribution < 1.29 is 9.53 Å². The van der Waals surface area contributed by atoms with E-state index in [1.165, 1.54) is 6.08 Å². The number of carbonyl (C=O) groups excluding carboxylic acids is 1. The van der Waals surface area contributed by atoms with Gasteiger partial charge in [-0.05, 0) is 76.7 Å². The van der Waals surface area contributed by atoms with Gasteiger partial charge in [-0.3, -0.25) is 4.79 Å². The normalized spacial score (nSPS) is 10.9. The van der Waals surface area contributed by atoms with Gasteiger partial charge >= 0.3 is 0 Å². The molecule has 0 aromatic heterocycles. The maximum Gasteiger partial charge on any atom is 0.266 e. The van der Waals surface area contributed by atoms with Gasteiger partial charge in [-0.15, -0.1) is 0 Å². The molecule has 0 aliphatic rings. The second-order valence-corrected chi connectivity index (χ2v) is 7.74. The van der Waals surface area contributed by atoms with Crippen molar-refractivity contribution in [1.29, 1.82) is 5.26 Å². The van der Waals surface area contributed by atoms with Gasteiger partial charge in [0.05, 0.1) is 0 Å². The summed E-state index contributed by atoms with van der Waals surface area (Å²) in [7, 11) is 0. The summed E-state index contributed by atoms with van der Waals surface area (Å²) >= 11 is 8.33. The Balaban J connectivity index is 1.71. The average molecular weight is 515 g/mol. The van der Waals surface area contributed by atoms with E-state index in [-0.39, 0.29) is 5.57 Å². The van der Waals surface area contributed by atoms with Crippen LogP contribution in [0.15, 0.2) is 78.4 Å². The second-order valence-electron chi connectivity index (χ2n) is 6.08. The van der Waals surface area contributed by atoms with E-state index in [4.69, 9.17) is 16.3 Å². The zero-order valence-electron chi connectivity index (χ0n) is 15.2. The van der Waals surface area contributed by atoms with Gasteiger partial charge in [0.2, 0.25) is 0 Å². The summed E-state index contributed by atoms with van der Waals surface area (Å²) in [6.45, 7) is 0.325. The monoisotopic (exact) mass is 514 g/mol. The molecule has 0 heterocycles. The lowest BCUT2D eigenvalue weighted by atomic mass is 10.1. The highest BCUT2D eigenvalue weighted by molar-refractivity contribution is 14.1. The molecule has 3 aromatic carbocycles. The molecule has 0 aliphatic carbocycles. The summed E-state index contributed by atoms with van der Waals surface area (Å²) in [6.07, 6.45) is 1.53. The lowest BCUT2D eigenvalue weighted by Crippen LogP contribution is -2.13. The molecule has 0 bridgehead atoms. The minimum atomic E-state index is -0.462. The molecule has 0 radical (unpaired) electrons. The summed E-state index contributed by atoms with van der Waals surface area (Å²) < 4.78 is 6.86. The standard InChI is InChI=1S/C23H16ClIN2O2/c24-22-7-2-1-5-17(22)15-29-21-6-3-4-16(13-21)12-18(14-26)23(28)27-20-10-8-19(25)9-11-20/h1-13H,15H2,(H,27,28)/b18-12+. The van der Waals surface area contributed by atoms with Crippen LogP contribution in [0, 0.1) is 14.9 Å². The SMILES string of the molecule is N#C/C(=C\c1cccc(OCc2ccccc2Cl)c1)C(=O)Nc1ccc(I)cc1. The third-order valence-corrected chi connectivity index (χ3v) is 5.08. The molecule has 0 aliphatic heterocycles. The lowest BCUT2D eigenvalue weighted by Gasteiger charge is -2.08. The topological polar surface area (TPSA) is 62.1 Å². The largest absolute Gasteiger partial charge is 0.489 e. The number of benzene rings is 3. The van der Waals surface area contributed by atoms with E-state index < -0.39 is 5.91 Å². The van der Waals surface area contributed by atoms with Crippen molar-refractivity contribution in [2.75, 3.05) is 5.32 Å². The van der Waals surface area contributed by atoms with Gasteiger partial charge in [0.25, 0.3) is 5.91 Å². The van der Waals surface area contributed by atoms with Crippen LogP contribution >= 0.6 is 34.2 Å². The van der Waals surface area contributed by atoms with Crippen molar-refractivity contribution in [3.63, 3.8) is 0 Å². The number of ether oxygens (including phenoxy) is 1. The lowest BCUT2D eigenvalue weighted by molar-refractivity contribution is -0.112. The van der Waals surface area contributed by atoms with Gasteiger partial charge in [0.15, 0.2) is 0 Å². The number of nitriles is 1. The fourth-order valence-corrected chi connectivity index (χ4v) is 3.07. The fourth-order valence-electron chi connectivity index (χ4n) is 2.52. The van der Waals surface area contributed by atoms with Crippen molar-refractivity contribution in [3.05, 3.63) is 98.1 Å². The molecular weight excluding hydrogens is 499 g/mol. The molecule has 144 valence electrons. The molecule has 0 fully saturated rings. The summed E-state index contributed by atoms with van der Waals surface area (Å²) in [5.41, 5.74) is 2.21. The highest BCUT2D eigenvalue weighted by atomic mass is 127. The average Bonchev–Trinajstić information content (AvgIpc) is 2.73. The molecule has 1 N–H and O–H groups in total. The Labute approximate surface area is 187 Å². The predicted molar refractivity (Wildman–Crippen MR) is 124 cm³/mol. The number of nitrogens with zero attached hydrogens (tertiary/aromatic N) is 1. The zero-order chi connectivity index (χ0) is 20.6. The van der Waals surface area contributed by atoms with Crippen LogP contribution in [0.4, 0.5) is 5.69 Å². The maximum atomic E-state index is 12.4. The highest BCUT2D eigenvalue weighted by Crippen LogP contribution is 2.21. The van der Waals surface area contributed by atoms with E-state index in [9.17, 15) is 10.1 Å². The summed E-state index contributed by atoms with van der Waals surface area (Å²) in [4.78, 5) is 12.4. The van der Waals surface area contributed by atoms with Crippen molar-refractivity contribution in [2.45, 2.75) is 6.61 Å². The van der Waals surface area contributed by atoms with E-state index in [0.29, 0.717) is 28.6 Å². The van der Waals surface area contributed by atoms with Crippen LogP contribution in [0.1, 0.15) is 11.1 Å². The first kappa shape index (κ1) is 20.9. The number of hydrogen-bond donors (Lipinski definition) is 1. The molecule has 0 saturated heterocycles. The van der Waals surface area contributed by atoms with E-state index in [0.717, 1.165) is 9.13 Å². The number of hydrogen-bond acceptors (Lipinski definition) is 3. The molecule has 0 saturated carbocycles. The van der Waals surface area contributed by atoms with Gasteiger partial charge in [0.1, 0.15) is 24.0 Å². The molecule has 0 spiro atoms. The molecule has 4 nitrogen and oxygen atoms in total. The zero-order valence-corrected chi connectivity index (χ0v) is 18.1. The summed E-state index contributed by atoms with van der Waals surface area (Å²) in [5, 5.41) is 12.8. The smallest absolute Gasteiger partial charge is 0.266 e. The van der Waals surface area contributed by atoms with Gasteiger partial charge in [-0.2, -0.15) is 5.26 Å². The molecule has 0 unspecified atom stereocenters. The number of amides is 1. The van der Waals surface area contributed by atoms with Gasteiger partial charge in [-0.1, -0.05) is 41.9 Å². The Morgan fingerprint density at radius 1 is 1.10 bits per heavy atom. The number of halogens is 2. The van der Waals surface area contributed by atoms with Crippen LogP contribution in [0.2, 0.25) is 5.02 Å². The molecule has 3 rings (SSSR count). The minimum Gasteiger partial charge on any atom is -0.489 e. The molecule has 0 atom stereocenters. The number of carbonyl (C=O) groups is 1. The van der Waals surface area contributed by atoms with Crippen molar-refractivity contribution >= 4 is 51.9 Å². The van der Waals surface area contributed by atoms with Crippen LogP contribution in [0.25, 0.3) is 6.08 Å². The van der Waals surface area contributed by atoms with E-state index in [1.54, 1.807) is 30.3 Å². The Kier molecular flexibility index (Phi) is 7.28. The van der Waals surface area contributed by atoms with Crippen molar-refractivity contribution in [1.82, 2.24) is 0 Å². The number of nitrogens with one attached hydrogen (secondary N) is 1. The third kappa shape index (κ3) is 6.08. The van der Waals surface area contributed by atoms with Gasteiger partial charge < -0.3 is 10.1 Å². The fraction of sp³-hybridized carbons (Fsp3) is 0.0435. The van der Waals surface area contributed by atoms with Crippen LogP contribution < -0.4 is 10.1 Å². The summed E-state index contributed by atoms with van der Waals surface area (Å²) in [5.74, 6) is 0.157. The van der Waals surface area contributed by atoms with E-state index in [1.807, 2.05) is 48.5 Å². The first-order chi connectivity index (χ1) is 14.0. The Morgan fingerprint density at radius 2 is 1.86 bits per heavy atom. The van der Waals surface area contributed by atoms with Gasteiger partial charge in [-0.25, -0.2) is 0 Å². The molecular formula is C23H16ClIN2O2. The Bertz CT molecular complexity index is 1090. The number of anilines is 1. The van der Waals surface area contributed by atoms with Crippen LogP contribution in [0.3, 0.4) is 0 Å². The third-order valence-electron chi connectivity index (χ3n) is 3.99. The van der Waals surface area contributed by atoms with E-state index >= 15 is 0 Å². The Morgan fingerprint density at radius 3 is 2.59 bits per heavy atom. The quantitative estimate of drug-likeness (QED) is 0.247. The maximum absolute atomic E-state index is 12.4. The van der Waals surface area contributed by atoms with E-state index in [2.05, 4.69) is 27.9 Å². The molecule has 1 amide bonds. The first-order valence-corrected chi connectivity index (χ1v) is 10.2. The van der Waals surface area contributed by atoms with Crippen molar-refractivity contribution in [3.8, 4) is 11.8 Å². The summed E-state index contributed by atoms with van der Waals surface area (Å²) in [6, 6.07) is 24.0.